The van der Waals surface area contributed by atoms with Crippen molar-refractivity contribution < 1.29 is 9.59 Å². The first-order chi connectivity index (χ1) is 7.86. The summed E-state index contributed by atoms with van der Waals surface area (Å²) in [5.41, 5.74) is 5.01. The molecular weight excluding hydrogens is 254 g/mol. The molecule has 1 rings (SSSR count). The van der Waals surface area contributed by atoms with Crippen molar-refractivity contribution in [2.24, 2.45) is 11.1 Å². The summed E-state index contributed by atoms with van der Waals surface area (Å²) in [6.07, 6.45) is 0.396. The first-order valence-electron chi connectivity index (χ1n) is 6.13. The zero-order chi connectivity index (χ0) is 13.1. The smallest absolute Gasteiger partial charge is 0.228 e. The summed E-state index contributed by atoms with van der Waals surface area (Å²) < 4.78 is 0. The van der Waals surface area contributed by atoms with E-state index in [1.54, 1.807) is 4.90 Å². The SMILES string of the molecule is CC(C)(C)C(=O)N1CCN(C(=O)CCN)CC1.Cl. The molecule has 2 amide bonds. The van der Waals surface area contributed by atoms with Gasteiger partial charge < -0.3 is 15.5 Å². The Kier molecular flexibility index (Phi) is 6.63. The second-order valence-electron chi connectivity index (χ2n) is 5.46. The van der Waals surface area contributed by atoms with Gasteiger partial charge in [0.25, 0.3) is 0 Å². The van der Waals surface area contributed by atoms with Gasteiger partial charge in [0.2, 0.25) is 11.8 Å². The fraction of sp³-hybridized carbons (Fsp3) is 0.833. The van der Waals surface area contributed by atoms with E-state index in [1.807, 2.05) is 25.7 Å². The van der Waals surface area contributed by atoms with Gasteiger partial charge >= 0.3 is 0 Å². The highest BCUT2D eigenvalue weighted by atomic mass is 35.5. The molecule has 6 heteroatoms. The maximum absolute atomic E-state index is 12.0. The van der Waals surface area contributed by atoms with Crippen LogP contribution in [-0.2, 0) is 9.59 Å². The Hall–Kier alpha value is -0.810. The minimum atomic E-state index is -0.344. The van der Waals surface area contributed by atoms with Gasteiger partial charge in [-0.1, -0.05) is 20.8 Å². The number of rotatable bonds is 2. The van der Waals surface area contributed by atoms with Crippen LogP contribution in [0.1, 0.15) is 27.2 Å². The van der Waals surface area contributed by atoms with E-state index in [9.17, 15) is 9.59 Å². The van der Waals surface area contributed by atoms with Gasteiger partial charge in [0.05, 0.1) is 0 Å². The Morgan fingerprint density at radius 1 is 1.06 bits per heavy atom. The van der Waals surface area contributed by atoms with Crippen LogP contribution in [0.5, 0.6) is 0 Å². The van der Waals surface area contributed by atoms with E-state index in [1.165, 1.54) is 0 Å². The molecule has 2 N–H and O–H groups in total. The third-order valence-corrected chi connectivity index (χ3v) is 2.92. The van der Waals surface area contributed by atoms with E-state index in [0.29, 0.717) is 39.1 Å². The standard InChI is InChI=1S/C12H23N3O2.ClH/c1-12(2,3)11(17)15-8-6-14(7-9-15)10(16)4-5-13;/h4-9,13H2,1-3H3;1H. The number of piperazine rings is 1. The molecule has 0 aromatic rings. The molecule has 0 aromatic heterocycles. The van der Waals surface area contributed by atoms with Crippen LogP contribution in [0.2, 0.25) is 0 Å². The fourth-order valence-electron chi connectivity index (χ4n) is 1.91. The fourth-order valence-corrected chi connectivity index (χ4v) is 1.91. The summed E-state index contributed by atoms with van der Waals surface area (Å²) in [5.74, 6) is 0.249. The van der Waals surface area contributed by atoms with Crippen LogP contribution in [0, 0.1) is 5.41 Å². The largest absolute Gasteiger partial charge is 0.339 e. The van der Waals surface area contributed by atoms with E-state index in [2.05, 4.69) is 0 Å². The lowest BCUT2D eigenvalue weighted by Gasteiger charge is -2.37. The van der Waals surface area contributed by atoms with Crippen molar-refractivity contribution in [2.75, 3.05) is 32.7 Å². The molecule has 5 nitrogen and oxygen atoms in total. The summed E-state index contributed by atoms with van der Waals surface area (Å²) in [4.78, 5) is 27.3. The average Bonchev–Trinajstić information content (AvgIpc) is 2.27. The van der Waals surface area contributed by atoms with Gasteiger partial charge in [-0.15, -0.1) is 12.4 Å². The van der Waals surface area contributed by atoms with Crippen LogP contribution in [0.25, 0.3) is 0 Å². The molecule has 1 fully saturated rings. The van der Waals surface area contributed by atoms with Gasteiger partial charge in [-0.05, 0) is 0 Å². The van der Waals surface area contributed by atoms with Gasteiger partial charge in [-0.3, -0.25) is 9.59 Å². The number of carbonyl (C=O) groups is 2. The van der Waals surface area contributed by atoms with Gasteiger partial charge in [0.1, 0.15) is 0 Å². The van der Waals surface area contributed by atoms with Crippen LogP contribution >= 0.6 is 12.4 Å². The monoisotopic (exact) mass is 277 g/mol. The topological polar surface area (TPSA) is 66.6 Å². The molecule has 1 aliphatic rings. The number of hydrogen-bond donors (Lipinski definition) is 1. The second-order valence-corrected chi connectivity index (χ2v) is 5.46. The molecule has 1 saturated heterocycles. The Morgan fingerprint density at radius 3 is 1.89 bits per heavy atom. The molecule has 0 bridgehead atoms. The molecule has 0 atom stereocenters. The summed E-state index contributed by atoms with van der Waals surface area (Å²) >= 11 is 0. The lowest BCUT2D eigenvalue weighted by atomic mass is 9.94. The normalized spacial score (nSPS) is 16.2. The van der Waals surface area contributed by atoms with E-state index >= 15 is 0 Å². The third kappa shape index (κ3) is 4.46. The molecule has 0 aliphatic carbocycles. The number of nitrogens with two attached hydrogens (primary N) is 1. The Labute approximate surface area is 115 Å². The summed E-state index contributed by atoms with van der Waals surface area (Å²) in [5, 5.41) is 0. The van der Waals surface area contributed by atoms with Crippen molar-refractivity contribution in [2.45, 2.75) is 27.2 Å². The van der Waals surface area contributed by atoms with E-state index in [4.69, 9.17) is 5.73 Å². The average molecular weight is 278 g/mol. The molecular formula is C12H24ClN3O2. The van der Waals surface area contributed by atoms with Crippen molar-refractivity contribution in [3.8, 4) is 0 Å². The van der Waals surface area contributed by atoms with Crippen LogP contribution in [-0.4, -0.2) is 54.3 Å². The summed E-state index contributed by atoms with van der Waals surface area (Å²) in [6.45, 7) is 8.66. The quantitative estimate of drug-likeness (QED) is 0.798. The first kappa shape index (κ1) is 17.2. The minimum Gasteiger partial charge on any atom is -0.339 e. The second kappa shape index (κ2) is 6.95. The zero-order valence-electron chi connectivity index (χ0n) is 11.4. The van der Waals surface area contributed by atoms with E-state index in [-0.39, 0.29) is 29.6 Å². The predicted octanol–water partition coefficient (Wildman–Crippen LogP) is 0.474. The van der Waals surface area contributed by atoms with Crippen LogP contribution in [0.4, 0.5) is 0 Å². The molecule has 1 aliphatic heterocycles. The molecule has 0 radical (unpaired) electrons. The van der Waals surface area contributed by atoms with Crippen molar-refractivity contribution in [1.82, 2.24) is 9.80 Å². The van der Waals surface area contributed by atoms with Crippen LogP contribution in [0.15, 0.2) is 0 Å². The number of halogens is 1. The zero-order valence-corrected chi connectivity index (χ0v) is 12.3. The number of amides is 2. The molecule has 0 aromatic carbocycles. The van der Waals surface area contributed by atoms with E-state index < -0.39 is 0 Å². The molecule has 0 spiro atoms. The number of nitrogens with zero attached hydrogens (tertiary/aromatic N) is 2. The van der Waals surface area contributed by atoms with Crippen molar-refractivity contribution in [3.63, 3.8) is 0 Å². The van der Waals surface area contributed by atoms with Gasteiger partial charge in [-0.25, -0.2) is 0 Å². The maximum Gasteiger partial charge on any atom is 0.228 e. The number of hydrogen-bond acceptors (Lipinski definition) is 3. The Morgan fingerprint density at radius 2 is 1.50 bits per heavy atom. The third-order valence-electron chi connectivity index (χ3n) is 2.92. The van der Waals surface area contributed by atoms with Crippen LogP contribution < -0.4 is 5.73 Å². The molecule has 1 heterocycles. The van der Waals surface area contributed by atoms with Gasteiger partial charge in [0, 0.05) is 44.6 Å². The Bertz CT molecular complexity index is 294. The summed E-state index contributed by atoms with van der Waals surface area (Å²) in [6, 6.07) is 0. The van der Waals surface area contributed by atoms with Gasteiger partial charge in [-0.2, -0.15) is 0 Å². The van der Waals surface area contributed by atoms with E-state index in [0.717, 1.165) is 0 Å². The molecule has 0 saturated carbocycles. The van der Waals surface area contributed by atoms with Crippen LogP contribution in [0.3, 0.4) is 0 Å². The minimum absolute atomic E-state index is 0. The van der Waals surface area contributed by atoms with Crippen molar-refractivity contribution >= 4 is 24.2 Å². The Balaban J connectivity index is 0.00000289. The first-order valence-corrected chi connectivity index (χ1v) is 6.13. The lowest BCUT2D eigenvalue weighted by Crippen LogP contribution is -2.53. The van der Waals surface area contributed by atoms with Gasteiger partial charge in [0.15, 0.2) is 0 Å². The molecule has 0 unspecified atom stereocenters. The predicted molar refractivity (Wildman–Crippen MR) is 73.5 cm³/mol. The lowest BCUT2D eigenvalue weighted by molar-refractivity contribution is -0.144. The number of carbonyl (C=O) groups excluding carboxylic acids is 2. The molecule has 18 heavy (non-hydrogen) atoms. The molecule has 106 valence electrons. The van der Waals surface area contributed by atoms with Crippen molar-refractivity contribution in [3.05, 3.63) is 0 Å². The summed E-state index contributed by atoms with van der Waals surface area (Å²) in [7, 11) is 0. The van der Waals surface area contributed by atoms with Crippen molar-refractivity contribution in [1.29, 1.82) is 0 Å². The highest BCUT2D eigenvalue weighted by Crippen LogP contribution is 2.18. The highest BCUT2D eigenvalue weighted by Gasteiger charge is 2.30. The highest BCUT2D eigenvalue weighted by molar-refractivity contribution is 5.85. The maximum atomic E-state index is 12.0.